The van der Waals surface area contributed by atoms with Crippen LogP contribution in [0.1, 0.15) is 24.3 Å². The summed E-state index contributed by atoms with van der Waals surface area (Å²) < 4.78 is 0. The predicted octanol–water partition coefficient (Wildman–Crippen LogP) is 1.80. The summed E-state index contributed by atoms with van der Waals surface area (Å²) in [7, 11) is 0. The Hall–Kier alpha value is -1.63. The molecule has 2 aromatic heterocycles. The maximum Gasteiger partial charge on any atom is 0.356 e. The fourth-order valence-corrected chi connectivity index (χ4v) is 1.45. The van der Waals surface area contributed by atoms with E-state index in [1.165, 1.54) is 18.1 Å². The first-order valence-electron chi connectivity index (χ1n) is 4.70. The van der Waals surface area contributed by atoms with Gasteiger partial charge in [0, 0.05) is 0 Å². The van der Waals surface area contributed by atoms with Crippen LogP contribution in [0.3, 0.4) is 0 Å². The number of rotatable bonds is 2. The van der Waals surface area contributed by atoms with Crippen molar-refractivity contribution in [1.29, 1.82) is 0 Å². The lowest BCUT2D eigenvalue weighted by Gasteiger charge is -1.92. The van der Waals surface area contributed by atoms with Crippen molar-refractivity contribution >= 4 is 28.9 Å². The number of aromatic nitrogens is 4. The Bertz CT molecular complexity index is 497. The molecule has 2 aromatic rings. The summed E-state index contributed by atoms with van der Waals surface area (Å²) in [6.45, 7) is 4.00. The average molecular weight is 240 g/mol. The standard InChI is InChI=1S/C7H6N4O2S.C2H6/c1-14-7-10-3-4(6(12)13)8-2-9-5(3)11-7;1-2/h2H,1H3,(H,12,13)(H,8,9,10,11);1-2H3. The number of fused-ring (bicyclic) bond motifs is 1. The van der Waals surface area contributed by atoms with Gasteiger partial charge in [0.2, 0.25) is 0 Å². The zero-order valence-electron chi connectivity index (χ0n) is 9.18. The lowest BCUT2D eigenvalue weighted by atomic mass is 10.4. The number of thioether (sulfide) groups is 1. The fourth-order valence-electron chi connectivity index (χ4n) is 1.07. The molecular weight excluding hydrogens is 228 g/mol. The number of aromatic amines is 1. The highest BCUT2D eigenvalue weighted by atomic mass is 32.2. The second kappa shape index (κ2) is 5.45. The Morgan fingerprint density at radius 3 is 2.69 bits per heavy atom. The predicted molar refractivity (Wildman–Crippen MR) is 61.8 cm³/mol. The van der Waals surface area contributed by atoms with E-state index in [1.807, 2.05) is 20.1 Å². The number of imidazole rings is 1. The Kier molecular flexibility index (Phi) is 4.24. The molecule has 7 heteroatoms. The summed E-state index contributed by atoms with van der Waals surface area (Å²) in [5, 5.41) is 9.45. The number of H-pyrrole nitrogens is 1. The summed E-state index contributed by atoms with van der Waals surface area (Å²) in [6, 6.07) is 0. The molecule has 0 aliphatic rings. The van der Waals surface area contributed by atoms with Gasteiger partial charge < -0.3 is 10.1 Å². The van der Waals surface area contributed by atoms with E-state index < -0.39 is 5.97 Å². The summed E-state index contributed by atoms with van der Waals surface area (Å²) in [5.74, 6) is -1.09. The van der Waals surface area contributed by atoms with Crippen LogP contribution in [0.4, 0.5) is 0 Å². The topological polar surface area (TPSA) is 91.8 Å². The average Bonchev–Trinajstić information content (AvgIpc) is 2.73. The highest BCUT2D eigenvalue weighted by Crippen LogP contribution is 2.17. The van der Waals surface area contributed by atoms with Gasteiger partial charge in [0.25, 0.3) is 0 Å². The van der Waals surface area contributed by atoms with E-state index in [2.05, 4.69) is 19.9 Å². The van der Waals surface area contributed by atoms with Crippen LogP contribution in [-0.4, -0.2) is 37.3 Å². The van der Waals surface area contributed by atoms with Crippen molar-refractivity contribution in [2.24, 2.45) is 0 Å². The van der Waals surface area contributed by atoms with Crippen LogP contribution >= 0.6 is 11.8 Å². The molecule has 0 aromatic carbocycles. The van der Waals surface area contributed by atoms with Gasteiger partial charge in [-0.3, -0.25) is 0 Å². The SMILES string of the molecule is CC.CSc1nc2ncnc(C(=O)O)c2[nH]1. The number of aromatic carboxylic acids is 1. The van der Waals surface area contributed by atoms with Gasteiger partial charge in [0.15, 0.2) is 16.5 Å². The third-order valence-electron chi connectivity index (χ3n) is 1.66. The van der Waals surface area contributed by atoms with E-state index in [-0.39, 0.29) is 5.69 Å². The highest BCUT2D eigenvalue weighted by molar-refractivity contribution is 7.98. The molecule has 0 fully saturated rings. The molecule has 86 valence electrons. The number of carboxylic acid groups (broad SMARTS) is 1. The highest BCUT2D eigenvalue weighted by Gasteiger charge is 2.14. The van der Waals surface area contributed by atoms with Crippen molar-refractivity contribution in [3.8, 4) is 0 Å². The summed E-state index contributed by atoms with van der Waals surface area (Å²) in [5.41, 5.74) is 0.689. The van der Waals surface area contributed by atoms with Crippen molar-refractivity contribution in [3.63, 3.8) is 0 Å². The van der Waals surface area contributed by atoms with E-state index in [9.17, 15) is 4.79 Å². The minimum Gasteiger partial charge on any atom is -0.476 e. The van der Waals surface area contributed by atoms with E-state index in [0.717, 1.165) is 0 Å². The first kappa shape index (κ1) is 12.4. The number of hydrogen-bond acceptors (Lipinski definition) is 5. The normalized spacial score (nSPS) is 9.69. The molecule has 0 saturated heterocycles. The zero-order valence-corrected chi connectivity index (χ0v) is 10.00. The van der Waals surface area contributed by atoms with E-state index >= 15 is 0 Å². The van der Waals surface area contributed by atoms with Gasteiger partial charge in [0.05, 0.1) is 0 Å². The van der Waals surface area contributed by atoms with Crippen molar-refractivity contribution in [2.45, 2.75) is 19.0 Å². The molecular formula is C9H12N4O2S. The second-order valence-electron chi connectivity index (χ2n) is 2.47. The third kappa shape index (κ3) is 2.30. The Morgan fingerprint density at radius 1 is 1.44 bits per heavy atom. The summed E-state index contributed by atoms with van der Waals surface area (Å²) >= 11 is 1.39. The fraction of sp³-hybridized carbons (Fsp3) is 0.333. The second-order valence-corrected chi connectivity index (χ2v) is 3.27. The Labute approximate surface area is 96.5 Å². The van der Waals surface area contributed by atoms with Crippen LogP contribution in [0.15, 0.2) is 11.5 Å². The summed E-state index contributed by atoms with van der Waals surface area (Å²) in [6.07, 6.45) is 3.03. The quantitative estimate of drug-likeness (QED) is 0.778. The molecule has 2 N–H and O–H groups in total. The van der Waals surface area contributed by atoms with Crippen molar-refractivity contribution in [1.82, 2.24) is 19.9 Å². The molecule has 0 aliphatic heterocycles. The number of hydrogen-bond donors (Lipinski definition) is 2. The van der Waals surface area contributed by atoms with E-state index in [1.54, 1.807) is 0 Å². The van der Waals surface area contributed by atoms with Crippen LogP contribution in [0.5, 0.6) is 0 Å². The molecule has 16 heavy (non-hydrogen) atoms. The van der Waals surface area contributed by atoms with Crippen molar-refractivity contribution in [2.75, 3.05) is 6.26 Å². The lowest BCUT2D eigenvalue weighted by molar-refractivity contribution is 0.0692. The molecule has 0 amide bonds. The van der Waals surface area contributed by atoms with Gasteiger partial charge >= 0.3 is 5.97 Å². The number of carboxylic acids is 1. The van der Waals surface area contributed by atoms with Crippen molar-refractivity contribution in [3.05, 3.63) is 12.0 Å². The molecule has 0 unspecified atom stereocenters. The number of nitrogens with zero attached hydrogens (tertiary/aromatic N) is 3. The van der Waals surface area contributed by atoms with Crippen LogP contribution < -0.4 is 0 Å². The Morgan fingerprint density at radius 2 is 2.12 bits per heavy atom. The van der Waals surface area contributed by atoms with Gasteiger partial charge in [-0.15, -0.1) is 0 Å². The summed E-state index contributed by atoms with van der Waals surface area (Å²) in [4.78, 5) is 25.2. The number of nitrogens with one attached hydrogen (secondary N) is 1. The maximum absolute atomic E-state index is 10.8. The smallest absolute Gasteiger partial charge is 0.356 e. The molecule has 0 saturated carbocycles. The Balaban J connectivity index is 0.000000606. The lowest BCUT2D eigenvalue weighted by Crippen LogP contribution is -2.01. The molecule has 0 radical (unpaired) electrons. The molecule has 0 atom stereocenters. The van der Waals surface area contributed by atoms with Gasteiger partial charge in [0.1, 0.15) is 11.8 Å². The first-order valence-corrected chi connectivity index (χ1v) is 5.93. The third-order valence-corrected chi connectivity index (χ3v) is 2.24. The molecule has 2 rings (SSSR count). The van der Waals surface area contributed by atoms with Crippen LogP contribution in [-0.2, 0) is 0 Å². The first-order chi connectivity index (χ1) is 7.72. The molecule has 0 aliphatic carbocycles. The zero-order chi connectivity index (χ0) is 12.1. The van der Waals surface area contributed by atoms with Gasteiger partial charge in [-0.05, 0) is 6.26 Å². The van der Waals surface area contributed by atoms with Gasteiger partial charge in [-0.1, -0.05) is 25.6 Å². The van der Waals surface area contributed by atoms with Crippen LogP contribution in [0.2, 0.25) is 0 Å². The minimum atomic E-state index is -1.09. The van der Waals surface area contributed by atoms with E-state index in [0.29, 0.717) is 16.3 Å². The monoisotopic (exact) mass is 240 g/mol. The molecule has 2 heterocycles. The minimum absolute atomic E-state index is 0.0530. The van der Waals surface area contributed by atoms with Gasteiger partial charge in [-0.25, -0.2) is 19.7 Å². The molecule has 0 spiro atoms. The van der Waals surface area contributed by atoms with Crippen LogP contribution in [0, 0.1) is 0 Å². The number of carbonyl (C=O) groups is 1. The molecule has 6 nitrogen and oxygen atoms in total. The van der Waals surface area contributed by atoms with Crippen LogP contribution in [0.25, 0.3) is 11.2 Å². The van der Waals surface area contributed by atoms with E-state index in [4.69, 9.17) is 5.11 Å². The van der Waals surface area contributed by atoms with Crippen molar-refractivity contribution < 1.29 is 9.90 Å². The largest absolute Gasteiger partial charge is 0.476 e. The van der Waals surface area contributed by atoms with Gasteiger partial charge in [-0.2, -0.15) is 0 Å². The maximum atomic E-state index is 10.8. The molecule has 0 bridgehead atoms.